The molecule has 0 amide bonds. The van der Waals surface area contributed by atoms with Crippen molar-refractivity contribution in [3.63, 3.8) is 0 Å². The first-order valence-electron chi connectivity index (χ1n) is 4.98. The second kappa shape index (κ2) is 4.90. The summed E-state index contributed by atoms with van der Waals surface area (Å²) < 4.78 is 5.51. The lowest BCUT2D eigenvalue weighted by Gasteiger charge is -2.06. The fourth-order valence-electron chi connectivity index (χ4n) is 1.39. The molecule has 0 spiro atoms. The van der Waals surface area contributed by atoms with E-state index in [1.807, 2.05) is 31.2 Å². The number of aromatic nitrogens is 1. The van der Waals surface area contributed by atoms with E-state index >= 15 is 0 Å². The van der Waals surface area contributed by atoms with Gasteiger partial charge in [0.2, 0.25) is 0 Å². The summed E-state index contributed by atoms with van der Waals surface area (Å²) in [5.74, 6) is 0.803. The summed E-state index contributed by atoms with van der Waals surface area (Å²) in [5.41, 5.74) is 1.40. The average Bonchev–Trinajstić information content (AvgIpc) is 2.79. The van der Waals surface area contributed by atoms with Crippen LogP contribution in [0.2, 0.25) is 0 Å². The smallest absolute Gasteiger partial charge is 0.169 e. The Morgan fingerprint density at radius 2 is 2.25 bits per heavy atom. The first-order chi connectivity index (χ1) is 7.85. The molecule has 0 fully saturated rings. The normalized spacial score (nSPS) is 10.1. The molecule has 1 aromatic carbocycles. The molecule has 2 aromatic rings. The van der Waals surface area contributed by atoms with Gasteiger partial charge < -0.3 is 4.74 Å². The number of carbonyl (C=O) groups excluding carboxylic acids is 1. The highest BCUT2D eigenvalue weighted by molar-refractivity contribution is 7.13. The van der Waals surface area contributed by atoms with E-state index in [9.17, 15) is 4.79 Å². The van der Waals surface area contributed by atoms with Crippen molar-refractivity contribution in [3.8, 4) is 16.3 Å². The van der Waals surface area contributed by atoms with Gasteiger partial charge in [0.1, 0.15) is 16.5 Å². The van der Waals surface area contributed by atoms with Gasteiger partial charge in [0.15, 0.2) is 6.29 Å². The highest BCUT2D eigenvalue weighted by atomic mass is 32.1. The van der Waals surface area contributed by atoms with E-state index < -0.39 is 0 Å². The maximum Gasteiger partial charge on any atom is 0.169 e. The number of thiazole rings is 1. The van der Waals surface area contributed by atoms with E-state index in [4.69, 9.17) is 4.74 Å². The topological polar surface area (TPSA) is 39.2 Å². The molecule has 82 valence electrons. The standard InChI is InChI=1S/C12H11NO2S/c1-2-15-11-6-4-3-5-10(11)12-13-9(7-14)8-16-12/h3-8H,2H2,1H3. The van der Waals surface area contributed by atoms with Crippen LogP contribution in [-0.4, -0.2) is 17.9 Å². The van der Waals surface area contributed by atoms with Gasteiger partial charge in [-0.15, -0.1) is 11.3 Å². The fraction of sp³-hybridized carbons (Fsp3) is 0.167. The summed E-state index contributed by atoms with van der Waals surface area (Å²) in [5, 5.41) is 2.55. The summed E-state index contributed by atoms with van der Waals surface area (Å²) in [6.45, 7) is 2.55. The second-order valence-corrected chi connectivity index (χ2v) is 3.98. The molecule has 0 N–H and O–H groups in total. The second-order valence-electron chi connectivity index (χ2n) is 3.12. The lowest BCUT2D eigenvalue weighted by molar-refractivity contribution is 0.111. The van der Waals surface area contributed by atoms with Gasteiger partial charge in [0.05, 0.1) is 12.2 Å². The van der Waals surface area contributed by atoms with Gasteiger partial charge in [-0.05, 0) is 19.1 Å². The van der Waals surface area contributed by atoms with Crippen LogP contribution in [0.15, 0.2) is 29.6 Å². The highest BCUT2D eigenvalue weighted by Gasteiger charge is 2.09. The van der Waals surface area contributed by atoms with Gasteiger partial charge >= 0.3 is 0 Å². The molecule has 0 bridgehead atoms. The van der Waals surface area contributed by atoms with E-state index in [2.05, 4.69) is 4.98 Å². The molecule has 0 aliphatic carbocycles. The number of rotatable bonds is 4. The van der Waals surface area contributed by atoms with Gasteiger partial charge in [0.25, 0.3) is 0 Å². The first-order valence-corrected chi connectivity index (χ1v) is 5.86. The Labute approximate surface area is 97.7 Å². The van der Waals surface area contributed by atoms with Crippen molar-refractivity contribution in [2.75, 3.05) is 6.61 Å². The summed E-state index contributed by atoms with van der Waals surface area (Å²) in [4.78, 5) is 14.8. The van der Waals surface area contributed by atoms with E-state index in [1.165, 1.54) is 11.3 Å². The molecule has 1 aromatic heterocycles. The lowest BCUT2D eigenvalue weighted by atomic mass is 10.2. The van der Waals surface area contributed by atoms with E-state index in [-0.39, 0.29) is 0 Å². The Morgan fingerprint density at radius 3 is 2.94 bits per heavy atom. The molecule has 0 saturated heterocycles. The largest absolute Gasteiger partial charge is 0.493 e. The van der Waals surface area contributed by atoms with Crippen LogP contribution in [0.4, 0.5) is 0 Å². The molecule has 16 heavy (non-hydrogen) atoms. The van der Waals surface area contributed by atoms with Gasteiger partial charge in [-0.2, -0.15) is 0 Å². The minimum absolute atomic E-state index is 0.464. The molecule has 0 aliphatic rings. The van der Waals surface area contributed by atoms with Crippen LogP contribution in [0.3, 0.4) is 0 Å². The molecule has 0 saturated carbocycles. The number of nitrogens with zero attached hydrogens (tertiary/aromatic N) is 1. The molecule has 0 unspecified atom stereocenters. The number of hydrogen-bond acceptors (Lipinski definition) is 4. The SMILES string of the molecule is CCOc1ccccc1-c1nc(C=O)cs1. The zero-order valence-corrected chi connectivity index (χ0v) is 9.66. The predicted octanol–water partition coefficient (Wildman–Crippen LogP) is 3.02. The molecule has 1 heterocycles. The number of aldehydes is 1. The van der Waals surface area contributed by atoms with Crippen LogP contribution in [0.5, 0.6) is 5.75 Å². The first kappa shape index (κ1) is 10.8. The average molecular weight is 233 g/mol. The third-order valence-corrected chi connectivity index (χ3v) is 2.95. The minimum Gasteiger partial charge on any atom is -0.493 e. The Kier molecular flexibility index (Phi) is 3.31. The van der Waals surface area contributed by atoms with Gasteiger partial charge in [-0.1, -0.05) is 12.1 Å². The van der Waals surface area contributed by atoms with Crippen LogP contribution in [0.1, 0.15) is 17.4 Å². The number of para-hydroxylation sites is 1. The zero-order valence-electron chi connectivity index (χ0n) is 8.84. The minimum atomic E-state index is 0.464. The fourth-order valence-corrected chi connectivity index (χ4v) is 2.18. The summed E-state index contributed by atoms with van der Waals surface area (Å²) in [6.07, 6.45) is 0.753. The Morgan fingerprint density at radius 1 is 1.44 bits per heavy atom. The summed E-state index contributed by atoms with van der Waals surface area (Å²) in [6, 6.07) is 7.70. The van der Waals surface area contributed by atoms with Crippen molar-refractivity contribution in [1.29, 1.82) is 0 Å². The molecule has 4 heteroatoms. The van der Waals surface area contributed by atoms with Crippen LogP contribution >= 0.6 is 11.3 Å². The molecular formula is C12H11NO2S. The van der Waals surface area contributed by atoms with Gasteiger partial charge in [-0.3, -0.25) is 4.79 Å². The summed E-state index contributed by atoms with van der Waals surface area (Å²) in [7, 11) is 0. The van der Waals surface area contributed by atoms with Crippen molar-refractivity contribution in [2.24, 2.45) is 0 Å². The quantitative estimate of drug-likeness (QED) is 0.762. The lowest BCUT2D eigenvalue weighted by Crippen LogP contribution is -1.93. The number of hydrogen-bond donors (Lipinski definition) is 0. The molecular weight excluding hydrogens is 222 g/mol. The predicted molar refractivity (Wildman–Crippen MR) is 64.1 cm³/mol. The van der Waals surface area contributed by atoms with Crippen molar-refractivity contribution >= 4 is 17.6 Å². The Balaban J connectivity index is 2.42. The Hall–Kier alpha value is -1.68. The van der Waals surface area contributed by atoms with Crippen LogP contribution < -0.4 is 4.74 Å². The number of benzene rings is 1. The van der Waals surface area contributed by atoms with E-state index in [0.717, 1.165) is 22.6 Å². The monoisotopic (exact) mass is 233 g/mol. The number of carbonyl (C=O) groups is 1. The van der Waals surface area contributed by atoms with E-state index in [1.54, 1.807) is 5.38 Å². The maximum absolute atomic E-state index is 10.6. The number of ether oxygens (including phenoxy) is 1. The molecule has 3 nitrogen and oxygen atoms in total. The highest BCUT2D eigenvalue weighted by Crippen LogP contribution is 2.31. The van der Waals surface area contributed by atoms with Crippen LogP contribution in [-0.2, 0) is 0 Å². The van der Waals surface area contributed by atoms with Crippen molar-refractivity contribution in [3.05, 3.63) is 35.3 Å². The van der Waals surface area contributed by atoms with E-state index in [0.29, 0.717) is 12.3 Å². The van der Waals surface area contributed by atoms with Gasteiger partial charge in [0, 0.05) is 5.38 Å². The van der Waals surface area contributed by atoms with Crippen molar-refractivity contribution in [1.82, 2.24) is 4.98 Å². The van der Waals surface area contributed by atoms with Crippen molar-refractivity contribution in [2.45, 2.75) is 6.92 Å². The maximum atomic E-state index is 10.6. The molecule has 0 atom stereocenters. The molecule has 0 radical (unpaired) electrons. The van der Waals surface area contributed by atoms with Crippen LogP contribution in [0, 0.1) is 0 Å². The third-order valence-electron chi connectivity index (χ3n) is 2.06. The molecule has 2 rings (SSSR count). The Bertz CT molecular complexity index is 493. The molecule has 0 aliphatic heterocycles. The van der Waals surface area contributed by atoms with Gasteiger partial charge in [-0.25, -0.2) is 4.98 Å². The third kappa shape index (κ3) is 2.12. The van der Waals surface area contributed by atoms with Crippen LogP contribution in [0.25, 0.3) is 10.6 Å². The summed E-state index contributed by atoms with van der Waals surface area (Å²) >= 11 is 1.44. The zero-order chi connectivity index (χ0) is 11.4. The van der Waals surface area contributed by atoms with Crippen molar-refractivity contribution < 1.29 is 9.53 Å².